The summed E-state index contributed by atoms with van der Waals surface area (Å²) in [5, 5.41) is 2.19. The third-order valence-corrected chi connectivity index (χ3v) is 2.90. The Labute approximate surface area is 116 Å². The second-order valence-corrected chi connectivity index (χ2v) is 4.30. The van der Waals surface area contributed by atoms with Crippen LogP contribution in [-0.4, -0.2) is 23.2 Å². The minimum atomic E-state index is -4.97. The molecule has 1 N–H and O–H groups in total. The standard InChI is InChI=1S/C12H11BrF3NO2/c1-2-7-3-4-9(17-10(18)6-13)8(5-7)11(19)12(14,15)16/h3-5H,2,6H2,1H3,(H,17,18). The molecule has 0 aliphatic carbocycles. The number of hydrogen-bond acceptors (Lipinski definition) is 2. The number of anilines is 1. The molecule has 0 aliphatic rings. The van der Waals surface area contributed by atoms with Gasteiger partial charge in [-0.1, -0.05) is 28.9 Å². The SMILES string of the molecule is CCc1ccc(NC(=O)CBr)c(C(=O)C(F)(F)F)c1. The van der Waals surface area contributed by atoms with Crippen molar-refractivity contribution in [3.63, 3.8) is 0 Å². The van der Waals surface area contributed by atoms with Gasteiger partial charge in [0.2, 0.25) is 5.91 Å². The maximum Gasteiger partial charge on any atom is 0.454 e. The van der Waals surface area contributed by atoms with E-state index in [9.17, 15) is 22.8 Å². The Kier molecular flexibility index (Phi) is 5.11. The molecule has 0 aromatic heterocycles. The Bertz CT molecular complexity index is 500. The molecule has 19 heavy (non-hydrogen) atoms. The number of carbonyl (C=O) groups is 2. The molecule has 0 heterocycles. The molecular weight excluding hydrogens is 327 g/mol. The lowest BCUT2D eigenvalue weighted by Gasteiger charge is -2.12. The molecule has 1 aromatic rings. The molecule has 0 saturated heterocycles. The second-order valence-electron chi connectivity index (χ2n) is 3.74. The highest BCUT2D eigenvalue weighted by molar-refractivity contribution is 9.09. The van der Waals surface area contributed by atoms with Crippen LogP contribution in [0.2, 0.25) is 0 Å². The van der Waals surface area contributed by atoms with Crippen LogP contribution in [-0.2, 0) is 11.2 Å². The molecule has 0 aliphatic heterocycles. The average Bonchev–Trinajstić information content (AvgIpc) is 2.37. The van der Waals surface area contributed by atoms with Gasteiger partial charge in [-0.15, -0.1) is 0 Å². The molecule has 1 amide bonds. The number of nitrogens with one attached hydrogen (secondary N) is 1. The minimum absolute atomic E-state index is 0.0673. The van der Waals surface area contributed by atoms with Crippen molar-refractivity contribution in [3.8, 4) is 0 Å². The Balaban J connectivity index is 3.24. The number of amides is 1. The molecule has 1 rings (SSSR count). The summed E-state index contributed by atoms with van der Waals surface area (Å²) >= 11 is 2.88. The molecule has 0 unspecified atom stereocenters. The summed E-state index contributed by atoms with van der Waals surface area (Å²) in [7, 11) is 0. The smallest absolute Gasteiger partial charge is 0.325 e. The number of carbonyl (C=O) groups excluding carboxylic acids is 2. The molecule has 0 saturated carbocycles. The largest absolute Gasteiger partial charge is 0.454 e. The van der Waals surface area contributed by atoms with Crippen LogP contribution in [0.15, 0.2) is 18.2 Å². The summed E-state index contributed by atoms with van der Waals surface area (Å²) in [5.41, 5.74) is -0.0884. The summed E-state index contributed by atoms with van der Waals surface area (Å²) in [5.74, 6) is -2.49. The quantitative estimate of drug-likeness (QED) is 0.676. The predicted octanol–water partition coefficient (Wildman–Crippen LogP) is 3.33. The third-order valence-electron chi connectivity index (χ3n) is 2.39. The van der Waals surface area contributed by atoms with E-state index in [1.54, 1.807) is 13.0 Å². The van der Waals surface area contributed by atoms with Crippen LogP contribution in [0, 0.1) is 0 Å². The fourth-order valence-corrected chi connectivity index (χ4v) is 1.58. The van der Waals surface area contributed by atoms with Crippen molar-refractivity contribution in [2.75, 3.05) is 10.6 Å². The number of benzene rings is 1. The average molecular weight is 338 g/mol. The maximum atomic E-state index is 12.5. The summed E-state index contributed by atoms with van der Waals surface area (Å²) in [6.45, 7) is 1.76. The zero-order valence-corrected chi connectivity index (χ0v) is 11.6. The molecule has 0 fully saturated rings. The van der Waals surface area contributed by atoms with Crippen molar-refractivity contribution >= 4 is 33.3 Å². The number of rotatable bonds is 4. The Hall–Kier alpha value is -1.37. The van der Waals surface area contributed by atoms with Crippen molar-refractivity contribution in [3.05, 3.63) is 29.3 Å². The molecule has 0 radical (unpaired) electrons. The van der Waals surface area contributed by atoms with Crippen LogP contribution < -0.4 is 5.32 Å². The highest BCUT2D eigenvalue weighted by Crippen LogP contribution is 2.27. The number of alkyl halides is 4. The van der Waals surface area contributed by atoms with Gasteiger partial charge in [0, 0.05) is 0 Å². The van der Waals surface area contributed by atoms with Crippen molar-refractivity contribution in [2.24, 2.45) is 0 Å². The molecule has 1 aromatic carbocycles. The minimum Gasteiger partial charge on any atom is -0.325 e. The first kappa shape index (κ1) is 15.7. The van der Waals surface area contributed by atoms with Gasteiger partial charge in [-0.2, -0.15) is 13.2 Å². The predicted molar refractivity (Wildman–Crippen MR) is 68.6 cm³/mol. The van der Waals surface area contributed by atoms with Gasteiger partial charge in [-0.3, -0.25) is 9.59 Å². The van der Waals surface area contributed by atoms with Gasteiger partial charge in [0.1, 0.15) is 0 Å². The normalized spacial score (nSPS) is 11.2. The monoisotopic (exact) mass is 337 g/mol. The molecule has 0 bridgehead atoms. The fourth-order valence-electron chi connectivity index (χ4n) is 1.44. The van der Waals surface area contributed by atoms with Crippen LogP contribution in [0.1, 0.15) is 22.8 Å². The summed E-state index contributed by atoms with van der Waals surface area (Å²) in [6, 6.07) is 4.02. The van der Waals surface area contributed by atoms with Gasteiger partial charge in [0.25, 0.3) is 5.78 Å². The maximum absolute atomic E-state index is 12.5. The van der Waals surface area contributed by atoms with Crippen LogP contribution in [0.25, 0.3) is 0 Å². The van der Waals surface area contributed by atoms with Gasteiger partial charge in [-0.05, 0) is 24.1 Å². The number of halogens is 4. The van der Waals surface area contributed by atoms with E-state index in [4.69, 9.17) is 0 Å². The van der Waals surface area contributed by atoms with E-state index >= 15 is 0 Å². The molecule has 104 valence electrons. The summed E-state index contributed by atoms with van der Waals surface area (Å²) < 4.78 is 37.5. The second kappa shape index (κ2) is 6.18. The Morgan fingerprint density at radius 1 is 1.32 bits per heavy atom. The number of ketones is 1. The summed E-state index contributed by atoms with van der Waals surface area (Å²) in [4.78, 5) is 22.5. The van der Waals surface area contributed by atoms with E-state index in [0.29, 0.717) is 12.0 Å². The van der Waals surface area contributed by atoms with Gasteiger partial charge < -0.3 is 5.32 Å². The molecule has 7 heteroatoms. The number of aryl methyl sites for hydroxylation is 1. The van der Waals surface area contributed by atoms with E-state index < -0.39 is 23.4 Å². The highest BCUT2D eigenvalue weighted by Gasteiger charge is 2.40. The first-order chi connectivity index (χ1) is 8.79. The third kappa shape index (κ3) is 4.05. The van der Waals surface area contributed by atoms with E-state index in [1.807, 2.05) is 0 Å². The first-order valence-electron chi connectivity index (χ1n) is 5.39. The topological polar surface area (TPSA) is 46.2 Å². The molecular formula is C12H11BrF3NO2. The lowest BCUT2D eigenvalue weighted by atomic mass is 10.0. The Morgan fingerprint density at radius 3 is 2.42 bits per heavy atom. The fraction of sp³-hybridized carbons (Fsp3) is 0.333. The van der Waals surface area contributed by atoms with Crippen LogP contribution in [0.3, 0.4) is 0 Å². The van der Waals surface area contributed by atoms with E-state index in [0.717, 1.165) is 6.07 Å². The molecule has 0 spiro atoms. The molecule has 3 nitrogen and oxygen atoms in total. The summed E-state index contributed by atoms with van der Waals surface area (Å²) in [6.07, 6.45) is -4.48. The van der Waals surface area contributed by atoms with Crippen LogP contribution in [0.5, 0.6) is 0 Å². The van der Waals surface area contributed by atoms with Crippen molar-refractivity contribution in [1.29, 1.82) is 0 Å². The molecule has 0 atom stereocenters. The lowest BCUT2D eigenvalue weighted by molar-refractivity contribution is -0.113. The van der Waals surface area contributed by atoms with Gasteiger partial charge in [0.05, 0.1) is 16.6 Å². The van der Waals surface area contributed by atoms with Gasteiger partial charge in [0.15, 0.2) is 0 Å². The first-order valence-corrected chi connectivity index (χ1v) is 6.52. The van der Waals surface area contributed by atoms with E-state index in [-0.39, 0.29) is 11.0 Å². The van der Waals surface area contributed by atoms with Crippen LogP contribution in [0.4, 0.5) is 18.9 Å². The lowest BCUT2D eigenvalue weighted by Crippen LogP contribution is -2.25. The van der Waals surface area contributed by atoms with Gasteiger partial charge in [-0.25, -0.2) is 0 Å². The van der Waals surface area contributed by atoms with E-state index in [2.05, 4.69) is 21.2 Å². The van der Waals surface area contributed by atoms with E-state index in [1.165, 1.54) is 6.07 Å². The van der Waals surface area contributed by atoms with Gasteiger partial charge >= 0.3 is 6.18 Å². The number of hydrogen-bond donors (Lipinski definition) is 1. The van der Waals surface area contributed by atoms with Crippen molar-refractivity contribution < 1.29 is 22.8 Å². The van der Waals surface area contributed by atoms with Crippen LogP contribution >= 0.6 is 15.9 Å². The zero-order valence-electron chi connectivity index (χ0n) is 9.97. The Morgan fingerprint density at radius 2 is 1.95 bits per heavy atom. The highest BCUT2D eigenvalue weighted by atomic mass is 79.9. The van der Waals surface area contributed by atoms with Crippen molar-refractivity contribution in [2.45, 2.75) is 19.5 Å². The number of Topliss-reactive ketones (excluding diaryl/α,β-unsaturated/α-hetero) is 1. The zero-order chi connectivity index (χ0) is 14.6. The van der Waals surface area contributed by atoms with Crippen molar-refractivity contribution in [1.82, 2.24) is 0 Å².